The monoisotopic (exact) mass is 352 g/mol. The molecule has 0 bridgehead atoms. The lowest BCUT2D eigenvalue weighted by Crippen LogP contribution is -2.92. The number of rotatable bonds is 4. The summed E-state index contributed by atoms with van der Waals surface area (Å²) in [6, 6.07) is 17.4. The molecule has 26 heavy (non-hydrogen) atoms. The van der Waals surface area contributed by atoms with E-state index < -0.39 is 5.54 Å². The van der Waals surface area contributed by atoms with Crippen LogP contribution in [0.25, 0.3) is 0 Å². The molecule has 2 amide bonds. The molecule has 0 spiro atoms. The minimum atomic E-state index is -0.941. The van der Waals surface area contributed by atoms with Crippen LogP contribution in [0.2, 0.25) is 0 Å². The van der Waals surface area contributed by atoms with Crippen LogP contribution < -0.4 is 15.5 Å². The van der Waals surface area contributed by atoms with Crippen LogP contribution in [-0.2, 0) is 9.59 Å². The van der Waals surface area contributed by atoms with E-state index in [0.29, 0.717) is 5.69 Å². The van der Waals surface area contributed by atoms with E-state index in [1.807, 2.05) is 54.7 Å². The number of hydrogen-bond donors (Lipinski definition) is 2. The third-order valence-electron chi connectivity index (χ3n) is 5.02. The fourth-order valence-electron chi connectivity index (χ4n) is 3.43. The van der Waals surface area contributed by atoms with Gasteiger partial charge in [0.1, 0.15) is 11.6 Å². The summed E-state index contributed by atoms with van der Waals surface area (Å²) in [6.45, 7) is 7.54. The van der Waals surface area contributed by atoms with Crippen molar-refractivity contribution in [3.8, 4) is 0 Å². The van der Waals surface area contributed by atoms with Gasteiger partial charge in [0.25, 0.3) is 5.91 Å². The van der Waals surface area contributed by atoms with Gasteiger partial charge in [-0.05, 0) is 39.8 Å². The number of quaternary nitrogens is 1. The first-order valence-electron chi connectivity index (χ1n) is 8.97. The number of amides is 2. The zero-order valence-corrected chi connectivity index (χ0v) is 15.7. The molecule has 2 atom stereocenters. The molecule has 0 aliphatic carbocycles. The molecular formula is C21H26N3O2+. The van der Waals surface area contributed by atoms with Crippen LogP contribution in [0.4, 0.5) is 11.4 Å². The molecule has 0 saturated carbocycles. The van der Waals surface area contributed by atoms with Gasteiger partial charge in [-0.2, -0.15) is 0 Å². The van der Waals surface area contributed by atoms with Crippen molar-refractivity contribution in [2.45, 2.75) is 45.3 Å². The predicted octanol–water partition coefficient (Wildman–Crippen LogP) is 2.46. The van der Waals surface area contributed by atoms with E-state index in [-0.39, 0.29) is 23.9 Å². The molecule has 3 N–H and O–H groups in total. The zero-order valence-electron chi connectivity index (χ0n) is 15.7. The van der Waals surface area contributed by atoms with E-state index in [0.717, 1.165) is 5.69 Å². The number of fused-ring (bicyclic) bond motifs is 1. The summed E-state index contributed by atoms with van der Waals surface area (Å²) in [4.78, 5) is 27.5. The molecule has 0 fully saturated rings. The van der Waals surface area contributed by atoms with E-state index in [1.54, 1.807) is 18.7 Å². The Morgan fingerprint density at radius 2 is 1.65 bits per heavy atom. The molecule has 1 heterocycles. The summed E-state index contributed by atoms with van der Waals surface area (Å²) in [7, 11) is 0. The van der Waals surface area contributed by atoms with Crippen molar-refractivity contribution in [3.05, 3.63) is 60.2 Å². The van der Waals surface area contributed by atoms with Crippen molar-refractivity contribution in [2.24, 2.45) is 0 Å². The largest absolute Gasteiger partial charge is 0.330 e. The summed E-state index contributed by atoms with van der Waals surface area (Å²) >= 11 is 0. The third-order valence-corrected chi connectivity index (χ3v) is 5.02. The number of nitrogens with one attached hydrogen (secondary N) is 1. The van der Waals surface area contributed by atoms with E-state index in [2.05, 4.69) is 24.4 Å². The molecule has 0 unspecified atom stereocenters. The molecule has 0 aromatic heterocycles. The number of hydrogen-bond acceptors (Lipinski definition) is 2. The van der Waals surface area contributed by atoms with Crippen LogP contribution in [0.5, 0.6) is 0 Å². The molecule has 0 radical (unpaired) electrons. The predicted molar refractivity (Wildman–Crippen MR) is 103 cm³/mol. The van der Waals surface area contributed by atoms with Crippen molar-refractivity contribution in [1.82, 2.24) is 0 Å². The van der Waals surface area contributed by atoms with Crippen molar-refractivity contribution in [1.29, 1.82) is 0 Å². The number of para-hydroxylation sites is 2. The Bertz CT molecular complexity index is 817. The standard InChI is InChI=1S/C21H25N3O2/c1-14(16-10-6-5-7-11-16)22-15(2)19(25)24-18-13-9-8-12-17(18)23-20(26)21(24,3)4/h5-15,22H,1-4H3,(H,23,26)/p+1/t14-,15+/m1/s1. The molecule has 1 aliphatic rings. The average molecular weight is 352 g/mol. The molecule has 3 rings (SSSR count). The minimum absolute atomic E-state index is 0.0694. The fourth-order valence-corrected chi connectivity index (χ4v) is 3.43. The van der Waals surface area contributed by atoms with Gasteiger partial charge in [0.15, 0.2) is 6.04 Å². The van der Waals surface area contributed by atoms with E-state index >= 15 is 0 Å². The summed E-state index contributed by atoms with van der Waals surface area (Å²) in [5.41, 5.74) is 1.65. The van der Waals surface area contributed by atoms with Crippen molar-refractivity contribution in [3.63, 3.8) is 0 Å². The second-order valence-electron chi connectivity index (χ2n) is 7.38. The quantitative estimate of drug-likeness (QED) is 0.888. The van der Waals surface area contributed by atoms with Gasteiger partial charge in [-0.15, -0.1) is 0 Å². The maximum Gasteiger partial charge on any atom is 0.285 e. The minimum Gasteiger partial charge on any atom is -0.330 e. The van der Waals surface area contributed by atoms with Crippen LogP contribution in [0.1, 0.15) is 39.3 Å². The summed E-state index contributed by atoms with van der Waals surface area (Å²) in [5, 5.41) is 4.94. The summed E-state index contributed by atoms with van der Waals surface area (Å²) < 4.78 is 0. The first kappa shape index (κ1) is 18.1. The smallest absolute Gasteiger partial charge is 0.285 e. The molecule has 0 saturated heterocycles. The SMILES string of the molecule is C[C@H]([NH2+][C@H](C)c1ccccc1)C(=O)N1c2ccccc2NC(=O)C1(C)C. The van der Waals surface area contributed by atoms with Crippen molar-refractivity contribution in [2.75, 3.05) is 10.2 Å². The Hall–Kier alpha value is -2.66. The van der Waals surface area contributed by atoms with Gasteiger partial charge >= 0.3 is 0 Å². The van der Waals surface area contributed by atoms with E-state index in [4.69, 9.17) is 0 Å². The molecule has 2 aromatic carbocycles. The molecule has 136 valence electrons. The van der Waals surface area contributed by atoms with Crippen LogP contribution in [-0.4, -0.2) is 23.4 Å². The number of nitrogens with zero attached hydrogens (tertiary/aromatic N) is 1. The number of carbonyl (C=O) groups excluding carboxylic acids is 2. The highest BCUT2D eigenvalue weighted by Gasteiger charge is 2.45. The van der Waals surface area contributed by atoms with Gasteiger partial charge in [0, 0.05) is 5.56 Å². The number of carbonyl (C=O) groups is 2. The van der Waals surface area contributed by atoms with Crippen LogP contribution in [0.3, 0.4) is 0 Å². The van der Waals surface area contributed by atoms with Gasteiger partial charge < -0.3 is 10.6 Å². The van der Waals surface area contributed by atoms with Gasteiger partial charge in [-0.1, -0.05) is 42.5 Å². The van der Waals surface area contributed by atoms with Gasteiger partial charge in [0.05, 0.1) is 11.4 Å². The number of anilines is 2. The maximum absolute atomic E-state index is 13.3. The third kappa shape index (κ3) is 3.22. The maximum atomic E-state index is 13.3. The fraction of sp³-hybridized carbons (Fsp3) is 0.333. The molecule has 5 nitrogen and oxygen atoms in total. The average Bonchev–Trinajstić information content (AvgIpc) is 2.62. The topological polar surface area (TPSA) is 66.0 Å². The highest BCUT2D eigenvalue weighted by atomic mass is 16.2. The lowest BCUT2D eigenvalue weighted by atomic mass is 9.95. The number of nitrogens with two attached hydrogens (primary N) is 1. The Labute approximate surface area is 154 Å². The second-order valence-corrected chi connectivity index (χ2v) is 7.38. The summed E-state index contributed by atoms with van der Waals surface area (Å²) in [6.07, 6.45) is 0. The van der Waals surface area contributed by atoms with Gasteiger partial charge in [-0.3, -0.25) is 14.5 Å². The Morgan fingerprint density at radius 1 is 1.04 bits per heavy atom. The Kier molecular flexibility index (Phi) is 4.83. The normalized spacial score (nSPS) is 17.8. The van der Waals surface area contributed by atoms with Crippen molar-refractivity contribution < 1.29 is 14.9 Å². The second kappa shape index (κ2) is 6.92. The molecule has 2 aromatic rings. The van der Waals surface area contributed by atoms with Gasteiger partial charge in [0.2, 0.25) is 5.91 Å². The van der Waals surface area contributed by atoms with Crippen LogP contribution >= 0.6 is 0 Å². The highest BCUT2D eigenvalue weighted by Crippen LogP contribution is 2.36. The van der Waals surface area contributed by atoms with E-state index in [9.17, 15) is 9.59 Å². The van der Waals surface area contributed by atoms with Crippen molar-refractivity contribution >= 4 is 23.2 Å². The highest BCUT2D eigenvalue weighted by molar-refractivity contribution is 6.14. The summed E-state index contributed by atoms with van der Waals surface area (Å²) in [5.74, 6) is -0.243. The van der Waals surface area contributed by atoms with E-state index in [1.165, 1.54) is 5.56 Å². The molecular weight excluding hydrogens is 326 g/mol. The van der Waals surface area contributed by atoms with Crippen LogP contribution in [0.15, 0.2) is 54.6 Å². The first-order chi connectivity index (χ1) is 12.3. The molecule has 5 heteroatoms. The van der Waals surface area contributed by atoms with Gasteiger partial charge in [-0.25, -0.2) is 0 Å². The zero-order chi connectivity index (χ0) is 18.9. The Balaban J connectivity index is 1.86. The Morgan fingerprint density at radius 3 is 2.35 bits per heavy atom. The van der Waals surface area contributed by atoms with Crippen LogP contribution in [0, 0.1) is 0 Å². The molecule has 1 aliphatic heterocycles. The first-order valence-corrected chi connectivity index (χ1v) is 8.97. The number of benzene rings is 2. The lowest BCUT2D eigenvalue weighted by molar-refractivity contribution is -0.710. The lowest BCUT2D eigenvalue weighted by Gasteiger charge is -2.42.